The zero-order valence-corrected chi connectivity index (χ0v) is 7.43. The first-order valence-corrected chi connectivity index (χ1v) is 3.78. The summed E-state index contributed by atoms with van der Waals surface area (Å²) in [5.74, 6) is 5.66. The number of ether oxygens (including phenoxy) is 1. The zero-order chi connectivity index (χ0) is 8.97. The van der Waals surface area contributed by atoms with Crippen molar-refractivity contribution in [3.63, 3.8) is 0 Å². The van der Waals surface area contributed by atoms with Gasteiger partial charge >= 0.3 is 0 Å². The van der Waals surface area contributed by atoms with Gasteiger partial charge in [-0.1, -0.05) is 11.6 Å². The van der Waals surface area contributed by atoms with Gasteiger partial charge in [-0.25, -0.2) is 4.98 Å². The van der Waals surface area contributed by atoms with Gasteiger partial charge in [0.1, 0.15) is 5.15 Å². The second-order valence-corrected chi connectivity index (χ2v) is 2.57. The highest BCUT2D eigenvalue weighted by atomic mass is 35.5. The molecule has 0 aromatic carbocycles. The van der Waals surface area contributed by atoms with Crippen LogP contribution in [-0.4, -0.2) is 12.1 Å². The molecule has 0 aliphatic carbocycles. The van der Waals surface area contributed by atoms with E-state index in [4.69, 9.17) is 22.2 Å². The minimum atomic E-state index is 0.410. The number of nitrogens with two attached hydrogens (primary N) is 1. The fraction of sp³-hybridized carbons (Fsp3) is 0.286. The molecule has 0 aliphatic rings. The molecule has 1 aromatic rings. The molecule has 0 unspecified atom stereocenters. The van der Waals surface area contributed by atoms with Crippen molar-refractivity contribution in [1.82, 2.24) is 10.4 Å². The number of hydrogen-bond donors (Lipinski definition) is 2. The van der Waals surface area contributed by atoms with Crippen molar-refractivity contribution in [2.75, 3.05) is 7.11 Å². The van der Waals surface area contributed by atoms with Crippen LogP contribution >= 0.6 is 11.6 Å². The number of rotatable bonds is 3. The normalized spacial score (nSPS) is 9.92. The Balaban J connectivity index is 2.94. The second-order valence-electron chi connectivity index (χ2n) is 2.18. The minimum Gasteiger partial charge on any atom is -0.481 e. The monoisotopic (exact) mass is 187 g/mol. The van der Waals surface area contributed by atoms with Crippen LogP contribution in [0.15, 0.2) is 12.1 Å². The van der Waals surface area contributed by atoms with Gasteiger partial charge in [0.15, 0.2) is 0 Å². The molecule has 3 N–H and O–H groups in total. The molecule has 0 saturated carbocycles. The molecular weight excluding hydrogens is 178 g/mol. The van der Waals surface area contributed by atoms with E-state index in [-0.39, 0.29) is 0 Å². The highest BCUT2D eigenvalue weighted by Crippen LogP contribution is 2.17. The van der Waals surface area contributed by atoms with Crippen LogP contribution in [-0.2, 0) is 6.54 Å². The lowest BCUT2D eigenvalue weighted by atomic mass is 10.3. The van der Waals surface area contributed by atoms with E-state index in [9.17, 15) is 0 Å². The van der Waals surface area contributed by atoms with Crippen LogP contribution < -0.4 is 16.0 Å². The topological polar surface area (TPSA) is 60.2 Å². The summed E-state index contributed by atoms with van der Waals surface area (Å²) in [4.78, 5) is 3.96. The van der Waals surface area contributed by atoms with Crippen LogP contribution in [0.3, 0.4) is 0 Å². The van der Waals surface area contributed by atoms with E-state index in [1.165, 1.54) is 0 Å². The van der Waals surface area contributed by atoms with Crippen LogP contribution in [0, 0.1) is 0 Å². The summed E-state index contributed by atoms with van der Waals surface area (Å²) in [5, 5.41) is 0.410. The van der Waals surface area contributed by atoms with Crippen molar-refractivity contribution in [2.45, 2.75) is 6.54 Å². The SMILES string of the molecule is COc1nc(Cl)ccc1CNN. The molecular formula is C7H10ClN3O. The van der Waals surface area contributed by atoms with Crippen molar-refractivity contribution in [1.29, 1.82) is 0 Å². The van der Waals surface area contributed by atoms with Gasteiger partial charge in [-0.3, -0.25) is 11.3 Å². The summed E-state index contributed by atoms with van der Waals surface area (Å²) in [6, 6.07) is 3.50. The average Bonchev–Trinajstić information content (AvgIpc) is 2.08. The predicted molar refractivity (Wildman–Crippen MR) is 46.8 cm³/mol. The van der Waals surface area contributed by atoms with Gasteiger partial charge in [0, 0.05) is 12.1 Å². The van der Waals surface area contributed by atoms with E-state index >= 15 is 0 Å². The Morgan fingerprint density at radius 2 is 2.42 bits per heavy atom. The lowest BCUT2D eigenvalue weighted by Crippen LogP contribution is -2.21. The number of hydrazine groups is 1. The molecule has 0 bridgehead atoms. The molecule has 1 rings (SSSR count). The first kappa shape index (κ1) is 9.25. The Morgan fingerprint density at radius 3 is 3.00 bits per heavy atom. The van der Waals surface area contributed by atoms with Crippen molar-refractivity contribution in [3.8, 4) is 5.88 Å². The molecule has 1 aromatic heterocycles. The van der Waals surface area contributed by atoms with Gasteiger partial charge in [-0.15, -0.1) is 0 Å². The third kappa shape index (κ3) is 2.07. The quantitative estimate of drug-likeness (QED) is 0.416. The maximum atomic E-state index is 5.65. The number of hydrogen-bond acceptors (Lipinski definition) is 4. The number of nitrogens with zero attached hydrogens (tertiary/aromatic N) is 1. The van der Waals surface area contributed by atoms with Crippen LogP contribution in [0.4, 0.5) is 0 Å². The Kier molecular flexibility index (Phi) is 3.28. The molecule has 0 spiro atoms. The van der Waals surface area contributed by atoms with Crippen molar-refractivity contribution < 1.29 is 4.74 Å². The van der Waals surface area contributed by atoms with Crippen molar-refractivity contribution >= 4 is 11.6 Å². The highest BCUT2D eigenvalue weighted by Gasteiger charge is 2.03. The Hall–Kier alpha value is -0.840. The molecule has 66 valence electrons. The maximum absolute atomic E-state index is 5.65. The molecule has 0 atom stereocenters. The van der Waals surface area contributed by atoms with Crippen LogP contribution in [0.2, 0.25) is 5.15 Å². The van der Waals surface area contributed by atoms with Crippen LogP contribution in [0.5, 0.6) is 5.88 Å². The first-order valence-electron chi connectivity index (χ1n) is 3.41. The molecule has 0 saturated heterocycles. The van der Waals surface area contributed by atoms with Gasteiger partial charge in [0.05, 0.1) is 7.11 Å². The summed E-state index contributed by atoms with van der Waals surface area (Å²) in [7, 11) is 1.54. The van der Waals surface area contributed by atoms with Gasteiger partial charge in [-0.2, -0.15) is 0 Å². The van der Waals surface area contributed by atoms with Gasteiger partial charge < -0.3 is 4.74 Å². The van der Waals surface area contributed by atoms with Crippen molar-refractivity contribution in [2.24, 2.45) is 5.84 Å². The average molecular weight is 188 g/mol. The Labute approximate surface area is 75.7 Å². The smallest absolute Gasteiger partial charge is 0.219 e. The molecule has 0 aliphatic heterocycles. The number of nitrogens with one attached hydrogen (secondary N) is 1. The maximum Gasteiger partial charge on any atom is 0.219 e. The number of pyridine rings is 1. The fourth-order valence-electron chi connectivity index (χ4n) is 0.868. The van der Waals surface area contributed by atoms with Gasteiger partial charge in [-0.05, 0) is 12.1 Å². The minimum absolute atomic E-state index is 0.410. The first-order chi connectivity index (χ1) is 5.77. The van der Waals surface area contributed by atoms with Gasteiger partial charge in [0.25, 0.3) is 0 Å². The molecule has 0 amide bonds. The van der Waals surface area contributed by atoms with E-state index in [1.807, 2.05) is 6.07 Å². The summed E-state index contributed by atoms with van der Waals surface area (Å²) in [6.07, 6.45) is 0. The summed E-state index contributed by atoms with van der Waals surface area (Å²) in [5.41, 5.74) is 3.39. The predicted octanol–water partition coefficient (Wildman–Crippen LogP) is 0.707. The van der Waals surface area contributed by atoms with E-state index in [2.05, 4.69) is 10.4 Å². The largest absolute Gasteiger partial charge is 0.481 e. The zero-order valence-electron chi connectivity index (χ0n) is 6.67. The van der Waals surface area contributed by atoms with E-state index < -0.39 is 0 Å². The molecule has 0 radical (unpaired) electrons. The molecule has 0 fully saturated rings. The third-order valence-electron chi connectivity index (χ3n) is 1.39. The summed E-state index contributed by atoms with van der Waals surface area (Å²) < 4.78 is 4.99. The Morgan fingerprint density at radius 1 is 1.67 bits per heavy atom. The van der Waals surface area contributed by atoms with E-state index in [0.29, 0.717) is 17.6 Å². The lowest BCUT2D eigenvalue weighted by Gasteiger charge is -2.05. The second kappa shape index (κ2) is 4.25. The van der Waals surface area contributed by atoms with Gasteiger partial charge in [0.2, 0.25) is 5.88 Å². The lowest BCUT2D eigenvalue weighted by molar-refractivity contribution is 0.391. The highest BCUT2D eigenvalue weighted by molar-refractivity contribution is 6.29. The molecule has 4 nitrogen and oxygen atoms in total. The summed E-state index contributed by atoms with van der Waals surface area (Å²) in [6.45, 7) is 0.507. The number of halogens is 1. The molecule has 5 heteroatoms. The summed E-state index contributed by atoms with van der Waals surface area (Å²) >= 11 is 5.65. The van der Waals surface area contributed by atoms with Crippen molar-refractivity contribution in [3.05, 3.63) is 22.8 Å². The third-order valence-corrected chi connectivity index (χ3v) is 1.60. The standard InChI is InChI=1S/C7H10ClN3O/c1-12-7-5(4-10-9)2-3-6(8)11-7/h2-3,10H,4,9H2,1H3. The van der Waals surface area contributed by atoms with Crippen LogP contribution in [0.1, 0.15) is 5.56 Å². The van der Waals surface area contributed by atoms with E-state index in [1.54, 1.807) is 13.2 Å². The molecule has 12 heavy (non-hydrogen) atoms. The number of aromatic nitrogens is 1. The van der Waals surface area contributed by atoms with Crippen LogP contribution in [0.25, 0.3) is 0 Å². The Bertz CT molecular complexity index is 267. The van der Waals surface area contributed by atoms with E-state index in [0.717, 1.165) is 5.56 Å². The fourth-order valence-corrected chi connectivity index (χ4v) is 1.01. The number of methoxy groups -OCH3 is 1. The molecule has 1 heterocycles.